The summed E-state index contributed by atoms with van der Waals surface area (Å²) in [4.78, 5) is 0. The molecule has 0 amide bonds. The van der Waals surface area contributed by atoms with Crippen LogP contribution >= 0.6 is 25.8 Å². The number of hydrogen-bond donors (Lipinski definition) is 0. The highest BCUT2D eigenvalue weighted by Gasteiger charge is 2.32. The molecule has 1 heterocycles. The number of hydrogen-bond acceptors (Lipinski definition) is 0. The van der Waals surface area contributed by atoms with Crippen molar-refractivity contribution in [1.82, 2.24) is 0 Å². The van der Waals surface area contributed by atoms with Gasteiger partial charge in [-0.2, -0.15) is 0 Å². The summed E-state index contributed by atoms with van der Waals surface area (Å²) in [5, 5.41) is 3.94. The van der Waals surface area contributed by atoms with E-state index in [1.807, 2.05) is 0 Å². The van der Waals surface area contributed by atoms with Crippen LogP contribution in [0.15, 0.2) is 28.1 Å². The van der Waals surface area contributed by atoms with Crippen molar-refractivity contribution in [1.29, 1.82) is 0 Å². The first kappa shape index (κ1) is 11.4. The highest BCUT2D eigenvalue weighted by atomic mass is 79.9. The second kappa shape index (κ2) is 3.72. The zero-order valence-corrected chi connectivity index (χ0v) is 13.0. The summed E-state index contributed by atoms with van der Waals surface area (Å²) in [5.74, 6) is 0. The highest BCUT2D eigenvalue weighted by Crippen LogP contribution is 2.42. The van der Waals surface area contributed by atoms with E-state index in [-0.39, 0.29) is 0 Å². The van der Waals surface area contributed by atoms with Gasteiger partial charge in [0, 0.05) is 15.4 Å². The van der Waals surface area contributed by atoms with Crippen LogP contribution in [0.25, 0.3) is 10.1 Å². The van der Waals surface area contributed by atoms with E-state index in [0.717, 1.165) is 0 Å². The van der Waals surface area contributed by atoms with Crippen LogP contribution in [-0.2, 0) is 0 Å². The molecule has 0 aliphatic carbocycles. The van der Waals surface area contributed by atoms with Gasteiger partial charge in [0.25, 0.3) is 0 Å². The third-order valence-corrected chi connectivity index (χ3v) is 10.8. The van der Waals surface area contributed by atoms with Crippen LogP contribution in [0.3, 0.4) is 0 Å². The second-order valence-corrected chi connectivity index (χ2v) is 16.4. The first-order chi connectivity index (χ1) is 6.89. The molecule has 0 aliphatic heterocycles. The van der Waals surface area contributed by atoms with E-state index in [1.54, 1.807) is 4.70 Å². The highest BCUT2D eigenvalue weighted by molar-refractivity contribution is 9.10. The van der Waals surface area contributed by atoms with Gasteiger partial charge in [0.2, 0.25) is 0 Å². The fourth-order valence-corrected chi connectivity index (χ4v) is 8.57. The normalized spacial score (nSPS) is 13.5. The Kier molecular flexibility index (Phi) is 2.82. The first-order valence-corrected chi connectivity index (χ1v) is 11.4. The molecule has 0 bridgehead atoms. The number of fused-ring (bicyclic) bond motifs is 1. The molecular weight excluding hydrogens is 284 g/mol. The van der Waals surface area contributed by atoms with Crippen LogP contribution in [-0.4, -0.2) is 7.22 Å². The predicted octanol–water partition coefficient (Wildman–Crippen LogP) is 5.34. The summed E-state index contributed by atoms with van der Waals surface area (Å²) in [7, 11) is -0.700. The lowest BCUT2D eigenvalue weighted by Gasteiger charge is -2.04. The minimum Gasteiger partial charge on any atom is -0.0785 e. The van der Waals surface area contributed by atoms with Gasteiger partial charge in [0.15, 0.2) is 4.70 Å². The maximum absolute atomic E-state index is 3.55. The summed E-state index contributed by atoms with van der Waals surface area (Å²) in [6.45, 7) is 9.60. The summed E-state index contributed by atoms with van der Waals surface area (Å²) >= 11 is 3.55. The summed E-state index contributed by atoms with van der Waals surface area (Å²) in [5.41, 5.74) is 1.46. The van der Waals surface area contributed by atoms with Crippen molar-refractivity contribution in [3.8, 4) is 0 Å². The monoisotopic (exact) mass is 299 g/mol. The number of aryl methyl sites for hydroxylation is 1. The van der Waals surface area contributed by atoms with E-state index in [1.165, 1.54) is 15.4 Å². The van der Waals surface area contributed by atoms with Crippen LogP contribution in [0.2, 0.25) is 19.6 Å². The minimum absolute atomic E-state index is 0.398. The maximum atomic E-state index is 3.55. The van der Waals surface area contributed by atoms with Gasteiger partial charge in [-0.15, -0.1) is 0 Å². The predicted molar refractivity (Wildman–Crippen MR) is 77.6 cm³/mol. The molecule has 2 aromatic rings. The van der Waals surface area contributed by atoms with Gasteiger partial charge in [-0.25, -0.2) is 0 Å². The van der Waals surface area contributed by atoms with E-state index >= 15 is 0 Å². The standard InChI is InChI=1S/C12H16BrSSi/c1-9-8-14(15(2,3)4)12-6-5-10(13)7-11(9)12/h5-8H,1-4H3/q+1. The van der Waals surface area contributed by atoms with Gasteiger partial charge in [0.1, 0.15) is 5.38 Å². The molecule has 0 radical (unpaired) electrons. The number of rotatable bonds is 1. The lowest BCUT2D eigenvalue weighted by atomic mass is 10.2. The zero-order valence-electron chi connectivity index (χ0n) is 9.60. The molecular formula is C12H16BrSSi+. The molecule has 0 aliphatic rings. The van der Waals surface area contributed by atoms with Crippen molar-refractivity contribution in [3.05, 3.63) is 33.6 Å². The summed E-state index contributed by atoms with van der Waals surface area (Å²) in [6.07, 6.45) is 0. The fourth-order valence-electron chi connectivity index (χ4n) is 1.81. The van der Waals surface area contributed by atoms with Crippen LogP contribution < -0.4 is 0 Å². The minimum atomic E-state index is -1.10. The molecule has 0 nitrogen and oxygen atoms in total. The average Bonchev–Trinajstić information content (AvgIpc) is 2.43. The van der Waals surface area contributed by atoms with E-state index in [9.17, 15) is 0 Å². The molecule has 1 aromatic carbocycles. The first-order valence-electron chi connectivity index (χ1n) is 5.11. The van der Waals surface area contributed by atoms with Gasteiger partial charge >= 0.3 is 7.22 Å². The molecule has 0 saturated carbocycles. The summed E-state index contributed by atoms with van der Waals surface area (Å²) < 4.78 is 2.75. The number of benzene rings is 1. The van der Waals surface area contributed by atoms with Crippen molar-refractivity contribution in [2.75, 3.05) is 0 Å². The molecule has 0 spiro atoms. The SMILES string of the molecule is Cc1c[s+]([Si](C)(C)C)c2ccc(Br)cc12. The Labute approximate surface area is 103 Å². The van der Waals surface area contributed by atoms with Crippen LogP contribution in [0, 0.1) is 6.92 Å². The molecule has 1 atom stereocenters. The number of thiophene rings is 1. The maximum Gasteiger partial charge on any atom is 0.316 e. The van der Waals surface area contributed by atoms with Gasteiger partial charge in [-0.1, -0.05) is 25.8 Å². The molecule has 2 rings (SSSR count). The van der Waals surface area contributed by atoms with Crippen molar-refractivity contribution >= 4 is 43.2 Å². The molecule has 3 heteroatoms. The second-order valence-electron chi connectivity index (χ2n) is 4.89. The number of halogens is 1. The van der Waals surface area contributed by atoms with Crippen molar-refractivity contribution in [2.24, 2.45) is 0 Å². The zero-order chi connectivity index (χ0) is 11.2. The molecule has 1 unspecified atom stereocenters. The third-order valence-electron chi connectivity index (χ3n) is 2.56. The Bertz CT molecular complexity index is 508. The third kappa shape index (κ3) is 2.05. The quantitative estimate of drug-likeness (QED) is 0.492. The van der Waals surface area contributed by atoms with Crippen LogP contribution in [0.4, 0.5) is 0 Å². The molecule has 80 valence electrons. The van der Waals surface area contributed by atoms with Crippen LogP contribution in [0.1, 0.15) is 5.56 Å². The lowest BCUT2D eigenvalue weighted by molar-refractivity contribution is 1.59. The van der Waals surface area contributed by atoms with E-state index in [2.05, 4.69) is 66.1 Å². The fraction of sp³-hybridized carbons (Fsp3) is 0.333. The van der Waals surface area contributed by atoms with Gasteiger partial charge in [-0.05, 0) is 44.8 Å². The van der Waals surface area contributed by atoms with Crippen molar-refractivity contribution < 1.29 is 0 Å². The average molecular weight is 300 g/mol. The Morgan fingerprint density at radius 1 is 1.20 bits per heavy atom. The van der Waals surface area contributed by atoms with Gasteiger partial charge < -0.3 is 0 Å². The van der Waals surface area contributed by atoms with E-state index in [4.69, 9.17) is 0 Å². The van der Waals surface area contributed by atoms with E-state index in [0.29, 0.717) is 9.92 Å². The van der Waals surface area contributed by atoms with Gasteiger partial charge in [-0.3, -0.25) is 0 Å². The van der Waals surface area contributed by atoms with Gasteiger partial charge in [0.05, 0.1) is 0 Å². The Hall–Kier alpha value is -0.123. The van der Waals surface area contributed by atoms with Crippen molar-refractivity contribution in [2.45, 2.75) is 26.6 Å². The van der Waals surface area contributed by atoms with Crippen molar-refractivity contribution in [3.63, 3.8) is 0 Å². The largest absolute Gasteiger partial charge is 0.316 e. The molecule has 0 saturated heterocycles. The smallest absolute Gasteiger partial charge is 0.0785 e. The Balaban J connectivity index is 2.79. The Morgan fingerprint density at radius 2 is 1.87 bits per heavy atom. The molecule has 15 heavy (non-hydrogen) atoms. The van der Waals surface area contributed by atoms with Crippen LogP contribution in [0.5, 0.6) is 0 Å². The summed E-state index contributed by atoms with van der Waals surface area (Å²) in [6, 6.07) is 6.73. The molecule has 0 fully saturated rings. The molecule has 1 aromatic heterocycles. The topological polar surface area (TPSA) is 0 Å². The van der Waals surface area contributed by atoms with E-state index < -0.39 is 7.22 Å². The lowest BCUT2D eigenvalue weighted by Crippen LogP contribution is -2.14. The molecule has 0 N–H and O–H groups in total. The Morgan fingerprint density at radius 3 is 2.47 bits per heavy atom.